The van der Waals surface area contributed by atoms with E-state index in [0.717, 1.165) is 4.90 Å². The van der Waals surface area contributed by atoms with Crippen molar-refractivity contribution in [3.8, 4) is 0 Å². The summed E-state index contributed by atoms with van der Waals surface area (Å²) in [6.45, 7) is 3.44. The van der Waals surface area contributed by atoms with Crippen LogP contribution in [0, 0.1) is 5.82 Å². The molecule has 1 aliphatic rings. The number of anilines is 1. The minimum Gasteiger partial charge on any atom is -0.278 e. The molecule has 0 saturated carbocycles. The number of hydrogen-bond donors (Lipinski definition) is 0. The van der Waals surface area contributed by atoms with Crippen LogP contribution in [0.3, 0.4) is 0 Å². The van der Waals surface area contributed by atoms with E-state index >= 15 is 0 Å². The molecule has 0 fully saturated rings. The van der Waals surface area contributed by atoms with E-state index in [4.69, 9.17) is 0 Å². The number of halogens is 1. The number of amides is 2. The molecule has 1 aliphatic heterocycles. The van der Waals surface area contributed by atoms with Crippen molar-refractivity contribution in [1.29, 1.82) is 0 Å². The molecule has 0 aliphatic carbocycles. The highest BCUT2D eigenvalue weighted by atomic mass is 19.1. The second kappa shape index (κ2) is 2.89. The molecule has 0 spiro atoms. The van der Waals surface area contributed by atoms with E-state index in [1.54, 1.807) is 19.9 Å². The molecule has 2 amide bonds. The Hall–Kier alpha value is -1.71. The summed E-state index contributed by atoms with van der Waals surface area (Å²) in [5, 5.41) is 0. The molecule has 1 aromatic rings. The average molecular weight is 207 g/mol. The molecule has 2 rings (SSSR count). The van der Waals surface area contributed by atoms with Crippen LogP contribution in [0.4, 0.5) is 10.1 Å². The topological polar surface area (TPSA) is 37.4 Å². The standard InChI is InChI=1S/C11H10FNO2/c1-11(2)8-4-3-7(12)5-9(8)13(6-14)10(11)15/h3-6H,1-2H3. The van der Waals surface area contributed by atoms with Gasteiger partial charge in [0, 0.05) is 0 Å². The van der Waals surface area contributed by atoms with Crippen LogP contribution in [0.15, 0.2) is 18.2 Å². The van der Waals surface area contributed by atoms with Crippen LogP contribution in [-0.2, 0) is 15.0 Å². The zero-order valence-corrected chi connectivity index (χ0v) is 8.45. The average Bonchev–Trinajstić information content (AvgIpc) is 2.35. The quantitative estimate of drug-likeness (QED) is 0.656. The SMILES string of the molecule is CC1(C)C(=O)N(C=O)c2cc(F)ccc21. The predicted molar refractivity (Wildman–Crippen MR) is 53.0 cm³/mol. The van der Waals surface area contributed by atoms with Crippen molar-refractivity contribution in [3.63, 3.8) is 0 Å². The number of benzene rings is 1. The molecule has 0 radical (unpaired) electrons. The highest BCUT2D eigenvalue weighted by Crippen LogP contribution is 2.40. The van der Waals surface area contributed by atoms with Gasteiger partial charge in [-0.3, -0.25) is 14.5 Å². The highest BCUT2D eigenvalue weighted by molar-refractivity contribution is 6.17. The summed E-state index contributed by atoms with van der Waals surface area (Å²) in [7, 11) is 0. The van der Waals surface area contributed by atoms with Crippen LogP contribution in [-0.4, -0.2) is 12.3 Å². The maximum Gasteiger partial charge on any atom is 0.243 e. The van der Waals surface area contributed by atoms with E-state index < -0.39 is 11.2 Å². The van der Waals surface area contributed by atoms with Gasteiger partial charge in [0.2, 0.25) is 12.3 Å². The first-order valence-electron chi connectivity index (χ1n) is 4.57. The zero-order valence-electron chi connectivity index (χ0n) is 8.45. The summed E-state index contributed by atoms with van der Waals surface area (Å²) in [4.78, 5) is 23.5. The number of rotatable bonds is 1. The van der Waals surface area contributed by atoms with E-state index in [1.807, 2.05) is 0 Å². The van der Waals surface area contributed by atoms with E-state index in [9.17, 15) is 14.0 Å². The van der Waals surface area contributed by atoms with Gasteiger partial charge < -0.3 is 0 Å². The molecule has 0 atom stereocenters. The lowest BCUT2D eigenvalue weighted by molar-refractivity contribution is -0.124. The van der Waals surface area contributed by atoms with Crippen molar-refractivity contribution in [2.75, 3.05) is 4.90 Å². The summed E-state index contributed by atoms with van der Waals surface area (Å²) in [5.41, 5.74) is 0.269. The molecule has 4 heteroatoms. The Morgan fingerprint density at radius 1 is 1.40 bits per heavy atom. The van der Waals surface area contributed by atoms with Crippen LogP contribution in [0.5, 0.6) is 0 Å². The molecule has 78 valence electrons. The van der Waals surface area contributed by atoms with Crippen molar-refractivity contribution >= 4 is 18.0 Å². The Morgan fingerprint density at radius 3 is 2.67 bits per heavy atom. The van der Waals surface area contributed by atoms with Gasteiger partial charge in [0.15, 0.2) is 0 Å². The fraction of sp³-hybridized carbons (Fsp3) is 0.273. The van der Waals surface area contributed by atoms with Crippen LogP contribution in [0.1, 0.15) is 19.4 Å². The van der Waals surface area contributed by atoms with Crippen molar-refractivity contribution in [1.82, 2.24) is 0 Å². The van der Waals surface area contributed by atoms with Gasteiger partial charge in [0.25, 0.3) is 0 Å². The van der Waals surface area contributed by atoms with Crippen molar-refractivity contribution in [3.05, 3.63) is 29.6 Å². The van der Waals surface area contributed by atoms with Crippen LogP contribution >= 0.6 is 0 Å². The maximum atomic E-state index is 13.0. The molecule has 0 N–H and O–H groups in total. The molecular weight excluding hydrogens is 197 g/mol. The Kier molecular flexibility index (Phi) is 1.89. The number of imide groups is 1. The van der Waals surface area contributed by atoms with Gasteiger partial charge in [0.05, 0.1) is 11.1 Å². The van der Waals surface area contributed by atoms with Gasteiger partial charge in [-0.15, -0.1) is 0 Å². The Morgan fingerprint density at radius 2 is 2.07 bits per heavy atom. The van der Waals surface area contributed by atoms with Crippen LogP contribution in [0.2, 0.25) is 0 Å². The lowest BCUT2D eigenvalue weighted by Gasteiger charge is -2.15. The fourth-order valence-corrected chi connectivity index (χ4v) is 1.86. The molecule has 1 aromatic carbocycles. The van der Waals surface area contributed by atoms with Gasteiger partial charge in [-0.1, -0.05) is 6.07 Å². The lowest BCUT2D eigenvalue weighted by atomic mass is 9.86. The molecule has 0 aromatic heterocycles. The van der Waals surface area contributed by atoms with E-state index in [2.05, 4.69) is 0 Å². The molecule has 0 saturated heterocycles. The van der Waals surface area contributed by atoms with Crippen LogP contribution in [0.25, 0.3) is 0 Å². The summed E-state index contributed by atoms with van der Waals surface area (Å²) >= 11 is 0. The van der Waals surface area contributed by atoms with Gasteiger partial charge in [0.1, 0.15) is 5.82 Å². The van der Waals surface area contributed by atoms with E-state index in [-0.39, 0.29) is 5.91 Å². The van der Waals surface area contributed by atoms with Gasteiger partial charge >= 0.3 is 0 Å². The lowest BCUT2D eigenvalue weighted by Crippen LogP contribution is -2.35. The van der Waals surface area contributed by atoms with E-state index in [0.29, 0.717) is 17.7 Å². The molecule has 15 heavy (non-hydrogen) atoms. The Labute approximate surface area is 86.5 Å². The second-order valence-corrected chi connectivity index (χ2v) is 4.07. The first-order valence-corrected chi connectivity index (χ1v) is 4.57. The normalized spacial score (nSPS) is 17.8. The highest BCUT2D eigenvalue weighted by Gasteiger charge is 2.43. The van der Waals surface area contributed by atoms with E-state index in [1.165, 1.54) is 12.1 Å². The smallest absolute Gasteiger partial charge is 0.243 e. The third kappa shape index (κ3) is 1.17. The van der Waals surface area contributed by atoms with Crippen molar-refractivity contribution in [2.24, 2.45) is 0 Å². The molecule has 0 unspecified atom stereocenters. The summed E-state index contributed by atoms with van der Waals surface area (Å²) in [5.74, 6) is -0.774. The number of carbonyl (C=O) groups is 2. The van der Waals surface area contributed by atoms with Crippen molar-refractivity contribution in [2.45, 2.75) is 19.3 Å². The number of hydrogen-bond acceptors (Lipinski definition) is 2. The number of fused-ring (bicyclic) bond motifs is 1. The minimum atomic E-state index is -0.760. The Bertz CT molecular complexity index is 454. The number of carbonyl (C=O) groups excluding carboxylic acids is 2. The third-order valence-corrected chi connectivity index (χ3v) is 2.75. The molecule has 1 heterocycles. The predicted octanol–water partition coefficient (Wildman–Crippen LogP) is 1.61. The minimum absolute atomic E-state index is 0.321. The second-order valence-electron chi connectivity index (χ2n) is 4.07. The zero-order chi connectivity index (χ0) is 11.2. The Balaban J connectivity index is 2.70. The molecular formula is C11H10FNO2. The first kappa shape index (κ1) is 9.83. The molecule has 0 bridgehead atoms. The maximum absolute atomic E-state index is 13.0. The monoisotopic (exact) mass is 207 g/mol. The van der Waals surface area contributed by atoms with Gasteiger partial charge in [-0.25, -0.2) is 4.39 Å². The summed E-state index contributed by atoms with van der Waals surface area (Å²) in [6.07, 6.45) is 0.426. The fourth-order valence-electron chi connectivity index (χ4n) is 1.86. The van der Waals surface area contributed by atoms with Crippen LogP contribution < -0.4 is 4.90 Å². The summed E-state index contributed by atoms with van der Waals surface area (Å²) < 4.78 is 13.0. The van der Waals surface area contributed by atoms with Crippen molar-refractivity contribution < 1.29 is 14.0 Å². The largest absolute Gasteiger partial charge is 0.278 e. The third-order valence-electron chi connectivity index (χ3n) is 2.75. The molecule has 3 nitrogen and oxygen atoms in total. The summed E-state index contributed by atoms with van der Waals surface area (Å²) in [6, 6.07) is 4.05. The number of nitrogens with zero attached hydrogens (tertiary/aromatic N) is 1. The van der Waals surface area contributed by atoms with Gasteiger partial charge in [-0.05, 0) is 31.5 Å². The van der Waals surface area contributed by atoms with Gasteiger partial charge in [-0.2, -0.15) is 0 Å². The first-order chi connectivity index (χ1) is 6.98.